The molecule has 1 aromatic rings. The van der Waals surface area contributed by atoms with E-state index < -0.39 is 16.5 Å². The molecule has 0 saturated carbocycles. The summed E-state index contributed by atoms with van der Waals surface area (Å²) in [7, 11) is 0. The minimum atomic E-state index is -0.801. The lowest BCUT2D eigenvalue weighted by molar-refractivity contribution is -0.390. The Morgan fingerprint density at radius 3 is 2.93 bits per heavy atom. The molecule has 0 amide bonds. The summed E-state index contributed by atoms with van der Waals surface area (Å²) in [5, 5.41) is 27.7. The molecule has 0 radical (unpaired) electrons. The predicted octanol–water partition coefficient (Wildman–Crippen LogP) is 0.961. The molecule has 74 valence electrons. The van der Waals surface area contributed by atoms with E-state index in [1.54, 1.807) is 6.07 Å². The van der Waals surface area contributed by atoms with Crippen molar-refractivity contribution in [3.63, 3.8) is 0 Å². The van der Waals surface area contributed by atoms with Gasteiger partial charge in [0.1, 0.15) is 0 Å². The van der Waals surface area contributed by atoms with Gasteiger partial charge in [-0.3, -0.25) is 0 Å². The van der Waals surface area contributed by atoms with Crippen LogP contribution in [0.4, 0.5) is 5.82 Å². The van der Waals surface area contributed by atoms with Gasteiger partial charge in [0.05, 0.1) is 12.5 Å². The molecule has 0 unspecified atom stereocenters. The van der Waals surface area contributed by atoms with Gasteiger partial charge >= 0.3 is 5.82 Å². The quantitative estimate of drug-likeness (QED) is 0.416. The molecule has 1 aromatic heterocycles. The molecule has 1 heterocycles. The maximum Gasteiger partial charge on any atom is 0.407 e. The van der Waals surface area contributed by atoms with Gasteiger partial charge in [-0.15, -0.1) is 0 Å². The van der Waals surface area contributed by atoms with E-state index in [1.807, 2.05) is 0 Å². The summed E-state index contributed by atoms with van der Waals surface area (Å²) in [6.45, 7) is 0. The van der Waals surface area contributed by atoms with E-state index in [2.05, 4.69) is 16.8 Å². The van der Waals surface area contributed by atoms with Gasteiger partial charge in [-0.25, -0.2) is 0 Å². The third-order valence-corrected chi connectivity index (χ3v) is 1.41. The van der Waals surface area contributed by atoms with Crippen molar-refractivity contribution in [3.8, 4) is 23.7 Å². The molecule has 0 atom stereocenters. The van der Waals surface area contributed by atoms with Gasteiger partial charge in [0.2, 0.25) is 11.4 Å². The number of nitriles is 1. The van der Waals surface area contributed by atoms with Crippen molar-refractivity contribution in [2.45, 2.75) is 6.42 Å². The number of hydrogen-bond acceptors (Lipinski definition) is 5. The van der Waals surface area contributed by atoms with Crippen molar-refractivity contribution in [2.24, 2.45) is 0 Å². The van der Waals surface area contributed by atoms with Gasteiger partial charge in [-0.1, -0.05) is 5.92 Å². The van der Waals surface area contributed by atoms with Gasteiger partial charge in [0.25, 0.3) is 0 Å². The summed E-state index contributed by atoms with van der Waals surface area (Å²) in [6.07, 6.45) is 0.0242. The lowest BCUT2D eigenvalue weighted by Crippen LogP contribution is -1.94. The number of pyridine rings is 1. The van der Waals surface area contributed by atoms with Crippen LogP contribution in [-0.2, 0) is 0 Å². The molecule has 0 saturated heterocycles. The summed E-state index contributed by atoms with van der Waals surface area (Å²) >= 11 is 0. The molecular weight excluding hydrogens is 198 g/mol. The second-order valence-corrected chi connectivity index (χ2v) is 2.43. The lowest BCUT2D eigenvalue weighted by atomic mass is 10.3. The average Bonchev–Trinajstić information content (AvgIpc) is 2.20. The van der Waals surface area contributed by atoms with Crippen LogP contribution >= 0.6 is 0 Å². The van der Waals surface area contributed by atoms with E-state index in [9.17, 15) is 10.1 Å². The van der Waals surface area contributed by atoms with Crippen LogP contribution in [0.3, 0.4) is 0 Å². The van der Waals surface area contributed by atoms with Crippen LogP contribution in [0.15, 0.2) is 12.1 Å². The zero-order valence-corrected chi connectivity index (χ0v) is 7.47. The van der Waals surface area contributed by atoms with E-state index in [-0.39, 0.29) is 12.1 Å². The van der Waals surface area contributed by atoms with E-state index in [0.717, 1.165) is 6.07 Å². The topological polar surface area (TPSA) is 100 Å². The Bertz CT molecular complexity index is 494. The summed E-state index contributed by atoms with van der Waals surface area (Å²) in [5.41, 5.74) is 0.148. The second kappa shape index (κ2) is 4.58. The summed E-state index contributed by atoms with van der Waals surface area (Å²) in [6, 6.07) is 4.28. The van der Waals surface area contributed by atoms with E-state index in [4.69, 9.17) is 10.4 Å². The molecule has 0 aliphatic rings. The number of nitro groups is 1. The SMILES string of the molecule is N#CCC#Cc1ccc(O)c([N+](=O)[O-])n1. The van der Waals surface area contributed by atoms with Crippen molar-refractivity contribution < 1.29 is 10.0 Å². The maximum absolute atomic E-state index is 10.4. The first-order chi connectivity index (χ1) is 7.15. The van der Waals surface area contributed by atoms with Gasteiger partial charge in [-0.05, 0) is 21.9 Å². The molecule has 6 heteroatoms. The maximum atomic E-state index is 10.4. The number of aromatic nitrogens is 1. The highest BCUT2D eigenvalue weighted by molar-refractivity contribution is 5.43. The zero-order chi connectivity index (χ0) is 11.3. The number of aromatic hydroxyl groups is 1. The Hall–Kier alpha value is -2.60. The first-order valence-corrected chi connectivity index (χ1v) is 3.85. The molecule has 0 fully saturated rings. The van der Waals surface area contributed by atoms with Crippen molar-refractivity contribution in [1.82, 2.24) is 4.98 Å². The fraction of sp³-hybridized carbons (Fsp3) is 0.111. The van der Waals surface area contributed by atoms with Crippen LogP contribution in [0.25, 0.3) is 0 Å². The Morgan fingerprint density at radius 1 is 1.60 bits per heavy atom. The highest BCUT2D eigenvalue weighted by Crippen LogP contribution is 2.21. The van der Waals surface area contributed by atoms with Crippen molar-refractivity contribution >= 4 is 5.82 Å². The van der Waals surface area contributed by atoms with Gasteiger partial charge < -0.3 is 15.2 Å². The largest absolute Gasteiger partial charge is 0.501 e. The molecular formula is C9H5N3O3. The first kappa shape index (κ1) is 10.5. The van der Waals surface area contributed by atoms with Crippen LogP contribution in [0, 0.1) is 33.3 Å². The Morgan fingerprint density at radius 2 is 2.33 bits per heavy atom. The third-order valence-electron chi connectivity index (χ3n) is 1.41. The number of rotatable bonds is 1. The van der Waals surface area contributed by atoms with Crippen molar-refractivity contribution in [2.75, 3.05) is 0 Å². The first-order valence-electron chi connectivity index (χ1n) is 3.85. The molecule has 0 aliphatic heterocycles. The van der Waals surface area contributed by atoms with Crippen molar-refractivity contribution in [1.29, 1.82) is 5.26 Å². The molecule has 0 aliphatic carbocycles. The summed E-state index contributed by atoms with van der Waals surface area (Å²) in [5.74, 6) is 3.78. The normalized spacial score (nSPS) is 8.47. The fourth-order valence-corrected chi connectivity index (χ4v) is 0.819. The smallest absolute Gasteiger partial charge is 0.407 e. The van der Waals surface area contributed by atoms with Crippen LogP contribution in [-0.4, -0.2) is 15.0 Å². The van der Waals surface area contributed by atoms with Crippen molar-refractivity contribution in [3.05, 3.63) is 27.9 Å². The minimum absolute atomic E-state index is 0.0242. The number of hydrogen-bond donors (Lipinski definition) is 1. The van der Waals surface area contributed by atoms with Gasteiger partial charge in [0.15, 0.2) is 0 Å². The monoisotopic (exact) mass is 203 g/mol. The van der Waals surface area contributed by atoms with Crippen LogP contribution in [0.2, 0.25) is 0 Å². The highest BCUT2D eigenvalue weighted by atomic mass is 16.6. The Balaban J connectivity index is 3.05. The molecule has 15 heavy (non-hydrogen) atoms. The summed E-state index contributed by atoms with van der Waals surface area (Å²) < 4.78 is 0. The van der Waals surface area contributed by atoms with Crippen LogP contribution in [0.1, 0.15) is 12.1 Å². The molecule has 1 N–H and O–H groups in total. The fourth-order valence-electron chi connectivity index (χ4n) is 0.819. The number of nitrogens with zero attached hydrogens (tertiary/aromatic N) is 3. The predicted molar refractivity (Wildman–Crippen MR) is 49.7 cm³/mol. The molecule has 0 aromatic carbocycles. The Kier molecular flexibility index (Phi) is 3.20. The van der Waals surface area contributed by atoms with E-state index >= 15 is 0 Å². The highest BCUT2D eigenvalue weighted by Gasteiger charge is 2.15. The van der Waals surface area contributed by atoms with Crippen LogP contribution in [0.5, 0.6) is 5.75 Å². The molecule has 0 spiro atoms. The van der Waals surface area contributed by atoms with Gasteiger partial charge in [0, 0.05) is 6.07 Å². The van der Waals surface area contributed by atoms with Crippen LogP contribution < -0.4 is 0 Å². The third kappa shape index (κ3) is 2.68. The van der Waals surface area contributed by atoms with Gasteiger partial charge in [-0.2, -0.15) is 5.26 Å². The average molecular weight is 203 g/mol. The van der Waals surface area contributed by atoms with E-state index in [0.29, 0.717) is 0 Å². The standard InChI is InChI=1S/C9H5N3O3/c10-6-2-1-3-7-4-5-8(13)9(11-7)12(14)15/h4-5,13H,2H2. The zero-order valence-electron chi connectivity index (χ0n) is 7.47. The Labute approximate surface area is 84.9 Å². The van der Waals surface area contributed by atoms with E-state index in [1.165, 1.54) is 6.07 Å². The second-order valence-electron chi connectivity index (χ2n) is 2.43. The molecule has 0 bridgehead atoms. The summed E-state index contributed by atoms with van der Waals surface area (Å²) in [4.78, 5) is 13.1. The minimum Gasteiger partial charge on any atom is -0.501 e. The molecule has 1 rings (SSSR count). The molecule has 6 nitrogen and oxygen atoms in total. The lowest BCUT2D eigenvalue weighted by Gasteiger charge is -1.94.